The predicted octanol–water partition coefficient (Wildman–Crippen LogP) is 2.75. The summed E-state index contributed by atoms with van der Waals surface area (Å²) < 4.78 is 28.1. The fraction of sp³-hybridized carbons (Fsp3) is 0.118. The van der Waals surface area contributed by atoms with Gasteiger partial charge in [-0.3, -0.25) is 4.79 Å². The normalized spacial score (nSPS) is 11.4. The van der Waals surface area contributed by atoms with E-state index in [-0.39, 0.29) is 10.8 Å². The first-order chi connectivity index (χ1) is 10.9. The summed E-state index contributed by atoms with van der Waals surface area (Å²) in [6.45, 7) is 0. The van der Waals surface area contributed by atoms with Crippen molar-refractivity contribution in [2.75, 3.05) is 18.7 Å². The van der Waals surface area contributed by atoms with Gasteiger partial charge in [-0.25, -0.2) is 8.42 Å². The third kappa shape index (κ3) is 4.96. The second-order valence-electron chi connectivity index (χ2n) is 4.90. The van der Waals surface area contributed by atoms with Crippen molar-refractivity contribution in [3.8, 4) is 5.75 Å². The molecule has 0 aliphatic carbocycles. The van der Waals surface area contributed by atoms with E-state index in [0.29, 0.717) is 5.69 Å². The quantitative estimate of drug-likeness (QED) is 0.855. The number of amides is 1. The molecule has 0 atom stereocenters. The van der Waals surface area contributed by atoms with Crippen LogP contribution >= 0.6 is 0 Å². The van der Waals surface area contributed by atoms with E-state index in [9.17, 15) is 13.2 Å². The Labute approximate surface area is 135 Å². The van der Waals surface area contributed by atoms with E-state index >= 15 is 0 Å². The first-order valence-electron chi connectivity index (χ1n) is 6.82. The lowest BCUT2D eigenvalue weighted by Gasteiger charge is -2.04. The van der Waals surface area contributed by atoms with E-state index < -0.39 is 9.84 Å². The van der Waals surface area contributed by atoms with Crippen LogP contribution in [0.3, 0.4) is 0 Å². The van der Waals surface area contributed by atoms with E-state index in [2.05, 4.69) is 5.32 Å². The number of ether oxygens (including phenoxy) is 1. The van der Waals surface area contributed by atoms with Gasteiger partial charge in [0.25, 0.3) is 0 Å². The van der Waals surface area contributed by atoms with Gasteiger partial charge in [0, 0.05) is 18.0 Å². The number of nitrogens with one attached hydrogen (secondary N) is 1. The first-order valence-corrected chi connectivity index (χ1v) is 8.71. The van der Waals surface area contributed by atoms with Gasteiger partial charge in [-0.15, -0.1) is 0 Å². The number of hydrogen-bond donors (Lipinski definition) is 1. The summed E-state index contributed by atoms with van der Waals surface area (Å²) in [5.74, 6) is 0.399. The lowest BCUT2D eigenvalue weighted by molar-refractivity contribution is -0.111. The molecule has 0 aliphatic heterocycles. The number of rotatable bonds is 5. The van der Waals surface area contributed by atoms with Crippen LogP contribution in [0, 0.1) is 0 Å². The molecule has 6 heteroatoms. The monoisotopic (exact) mass is 331 g/mol. The summed E-state index contributed by atoms with van der Waals surface area (Å²) in [6.07, 6.45) is 4.17. The smallest absolute Gasteiger partial charge is 0.248 e. The Hall–Kier alpha value is -2.60. The van der Waals surface area contributed by atoms with Crippen LogP contribution in [0.15, 0.2) is 59.5 Å². The Morgan fingerprint density at radius 2 is 1.83 bits per heavy atom. The van der Waals surface area contributed by atoms with Crippen molar-refractivity contribution >= 4 is 27.5 Å². The highest BCUT2D eigenvalue weighted by Crippen LogP contribution is 2.16. The molecule has 0 saturated heterocycles. The van der Waals surface area contributed by atoms with Gasteiger partial charge in [0.15, 0.2) is 9.84 Å². The molecule has 0 fully saturated rings. The van der Waals surface area contributed by atoms with Crippen molar-refractivity contribution in [2.45, 2.75) is 4.90 Å². The fourth-order valence-corrected chi connectivity index (χ4v) is 2.54. The number of anilines is 1. The van der Waals surface area contributed by atoms with Crippen molar-refractivity contribution in [3.05, 3.63) is 60.2 Å². The third-order valence-corrected chi connectivity index (χ3v) is 4.18. The zero-order chi connectivity index (χ0) is 16.9. The van der Waals surface area contributed by atoms with Gasteiger partial charge in [0.1, 0.15) is 5.75 Å². The molecule has 5 nitrogen and oxygen atoms in total. The molecule has 2 rings (SSSR count). The van der Waals surface area contributed by atoms with Gasteiger partial charge in [-0.2, -0.15) is 0 Å². The van der Waals surface area contributed by atoms with Gasteiger partial charge >= 0.3 is 0 Å². The Morgan fingerprint density at radius 3 is 2.43 bits per heavy atom. The van der Waals surface area contributed by atoms with Crippen LogP contribution in [-0.4, -0.2) is 27.7 Å². The lowest BCUT2D eigenvalue weighted by Crippen LogP contribution is -2.08. The topological polar surface area (TPSA) is 72.5 Å². The summed E-state index contributed by atoms with van der Waals surface area (Å²) in [6, 6.07) is 13.4. The van der Waals surface area contributed by atoms with E-state index in [1.54, 1.807) is 37.5 Å². The van der Waals surface area contributed by atoms with E-state index in [0.717, 1.165) is 17.6 Å². The molecule has 0 radical (unpaired) electrons. The van der Waals surface area contributed by atoms with Gasteiger partial charge in [0.2, 0.25) is 5.91 Å². The van der Waals surface area contributed by atoms with Crippen molar-refractivity contribution < 1.29 is 17.9 Å². The highest BCUT2D eigenvalue weighted by molar-refractivity contribution is 7.90. The molecule has 0 aliphatic rings. The molecule has 1 N–H and O–H groups in total. The summed E-state index contributed by atoms with van der Waals surface area (Å²) in [7, 11) is -1.72. The second kappa shape index (κ2) is 7.11. The zero-order valence-corrected chi connectivity index (χ0v) is 13.6. The zero-order valence-electron chi connectivity index (χ0n) is 12.8. The van der Waals surface area contributed by atoms with Gasteiger partial charge < -0.3 is 10.1 Å². The summed E-state index contributed by atoms with van der Waals surface area (Å²) in [5, 5.41) is 2.63. The standard InChI is InChI=1S/C17H17NO4S/c1-22-15-9-6-13(7-10-15)8-11-17(19)18-14-4-3-5-16(12-14)23(2,20)21/h3-12H,1-2H3,(H,18,19). The average Bonchev–Trinajstić information content (AvgIpc) is 2.53. The summed E-state index contributed by atoms with van der Waals surface area (Å²) in [5.41, 5.74) is 1.28. The molecule has 0 aromatic heterocycles. The largest absolute Gasteiger partial charge is 0.497 e. The van der Waals surface area contributed by atoms with Crippen molar-refractivity contribution in [2.24, 2.45) is 0 Å². The van der Waals surface area contributed by atoms with Gasteiger partial charge in [-0.1, -0.05) is 18.2 Å². The molecule has 0 spiro atoms. The van der Waals surface area contributed by atoms with Crippen LogP contribution in [0.2, 0.25) is 0 Å². The first kappa shape index (κ1) is 16.8. The average molecular weight is 331 g/mol. The molecule has 23 heavy (non-hydrogen) atoms. The number of carbonyl (C=O) groups excluding carboxylic acids is 1. The van der Waals surface area contributed by atoms with Gasteiger partial charge in [0.05, 0.1) is 12.0 Å². The van der Waals surface area contributed by atoms with Crippen LogP contribution in [0.25, 0.3) is 6.08 Å². The lowest BCUT2D eigenvalue weighted by atomic mass is 10.2. The van der Waals surface area contributed by atoms with Crippen LogP contribution in [-0.2, 0) is 14.6 Å². The van der Waals surface area contributed by atoms with E-state index in [4.69, 9.17) is 4.74 Å². The predicted molar refractivity (Wildman–Crippen MR) is 90.2 cm³/mol. The minimum atomic E-state index is -3.30. The molecule has 0 unspecified atom stereocenters. The second-order valence-corrected chi connectivity index (χ2v) is 6.91. The number of sulfone groups is 1. The Bertz CT molecular complexity index is 824. The number of hydrogen-bond acceptors (Lipinski definition) is 4. The molecule has 0 bridgehead atoms. The van der Waals surface area contributed by atoms with Gasteiger partial charge in [-0.05, 0) is 42.0 Å². The molecule has 1 amide bonds. The number of carbonyl (C=O) groups is 1. The molecule has 120 valence electrons. The minimum absolute atomic E-state index is 0.162. The highest BCUT2D eigenvalue weighted by atomic mass is 32.2. The molecule has 0 heterocycles. The third-order valence-electron chi connectivity index (χ3n) is 3.07. The van der Waals surface area contributed by atoms with Crippen LogP contribution in [0.5, 0.6) is 5.75 Å². The summed E-state index contributed by atoms with van der Waals surface area (Å²) in [4.78, 5) is 12.1. The highest BCUT2D eigenvalue weighted by Gasteiger charge is 2.08. The minimum Gasteiger partial charge on any atom is -0.497 e. The molecule has 2 aromatic carbocycles. The van der Waals surface area contributed by atoms with Crippen molar-refractivity contribution in [3.63, 3.8) is 0 Å². The van der Waals surface area contributed by atoms with Crippen molar-refractivity contribution in [1.82, 2.24) is 0 Å². The maximum atomic E-state index is 11.9. The van der Waals surface area contributed by atoms with Crippen LogP contribution < -0.4 is 10.1 Å². The summed E-state index contributed by atoms with van der Waals surface area (Å²) >= 11 is 0. The van der Waals surface area contributed by atoms with Crippen LogP contribution in [0.1, 0.15) is 5.56 Å². The SMILES string of the molecule is COc1ccc(C=CC(=O)Nc2cccc(S(C)(=O)=O)c2)cc1. The molecule has 2 aromatic rings. The number of benzene rings is 2. The Kier molecular flexibility index (Phi) is 5.18. The molecular weight excluding hydrogens is 314 g/mol. The van der Waals surface area contributed by atoms with Crippen molar-refractivity contribution in [1.29, 1.82) is 0 Å². The number of methoxy groups -OCH3 is 1. The van der Waals surface area contributed by atoms with Crippen LogP contribution in [0.4, 0.5) is 5.69 Å². The fourth-order valence-electron chi connectivity index (χ4n) is 1.88. The Morgan fingerprint density at radius 1 is 1.13 bits per heavy atom. The maximum Gasteiger partial charge on any atom is 0.248 e. The van der Waals surface area contributed by atoms with E-state index in [1.807, 2.05) is 12.1 Å². The molecular formula is C17H17NO4S. The Balaban J connectivity index is 2.05. The maximum absolute atomic E-state index is 11.9. The van der Waals surface area contributed by atoms with E-state index in [1.165, 1.54) is 18.2 Å². The molecule has 0 saturated carbocycles.